The smallest absolute Gasteiger partial charge is 0.286 e. The van der Waals surface area contributed by atoms with Crippen LogP contribution >= 0.6 is 0 Å². The van der Waals surface area contributed by atoms with E-state index >= 15 is 0 Å². The van der Waals surface area contributed by atoms with E-state index in [4.69, 9.17) is 10.5 Å². The monoisotopic (exact) mass is 541 g/mol. The second-order valence-corrected chi connectivity index (χ2v) is 10.8. The number of benzene rings is 2. The number of hydrogen-bond donors (Lipinski definition) is 4. The molecule has 1 aliphatic heterocycles. The van der Waals surface area contributed by atoms with Gasteiger partial charge in [-0.3, -0.25) is 4.57 Å². The lowest BCUT2D eigenvalue weighted by Crippen LogP contribution is -2.51. The minimum Gasteiger partial charge on any atom is -0.394 e. The molecule has 3 heterocycles. The van der Waals surface area contributed by atoms with Crippen molar-refractivity contribution in [2.75, 3.05) is 31.3 Å². The molecule has 4 atom stereocenters. The van der Waals surface area contributed by atoms with Gasteiger partial charge in [-0.05, 0) is 22.8 Å². The number of ether oxygens (including phenoxy) is 1. The van der Waals surface area contributed by atoms with Crippen molar-refractivity contribution in [1.29, 1.82) is 0 Å². The summed E-state index contributed by atoms with van der Waals surface area (Å²) < 4.78 is 36.0. The molecule has 198 valence electrons. The molecule has 1 saturated heterocycles. The molecule has 1 aliphatic rings. The van der Waals surface area contributed by atoms with Gasteiger partial charge in [-0.2, -0.15) is 0 Å². The number of nitrogen functional groups attached to an aromatic ring is 1. The number of nitrogens with zero attached hydrogens (tertiary/aromatic N) is 8. The highest BCUT2D eigenvalue weighted by Gasteiger charge is 2.65. The van der Waals surface area contributed by atoms with Crippen LogP contribution in [0.3, 0.4) is 0 Å². The molecule has 4 aromatic rings. The van der Waals surface area contributed by atoms with Gasteiger partial charge >= 0.3 is 0 Å². The number of fused-ring (bicyclic) bond motifs is 2. The van der Waals surface area contributed by atoms with Gasteiger partial charge in [0.05, 0.1) is 11.5 Å². The van der Waals surface area contributed by atoms with E-state index in [1.54, 1.807) is 32.3 Å². The van der Waals surface area contributed by atoms with Crippen LogP contribution < -0.4 is 10.6 Å². The van der Waals surface area contributed by atoms with Crippen LogP contribution in [0.5, 0.6) is 0 Å². The summed E-state index contributed by atoms with van der Waals surface area (Å²) in [4.78, 5) is 16.3. The maximum atomic E-state index is 14.7. The number of hydrogen-bond acceptors (Lipinski definition) is 12. The van der Waals surface area contributed by atoms with Crippen molar-refractivity contribution in [3.8, 4) is 0 Å². The Morgan fingerprint density at radius 2 is 1.92 bits per heavy atom. The highest BCUT2D eigenvalue weighted by molar-refractivity contribution is 7.92. The Balaban J connectivity index is 1.93. The number of nitrogens with two attached hydrogens (primary N) is 1. The van der Waals surface area contributed by atoms with Crippen LogP contribution in [0.15, 0.2) is 52.7 Å². The Labute approximate surface area is 215 Å². The van der Waals surface area contributed by atoms with E-state index in [0.717, 1.165) is 16.6 Å². The SMILES string of the molecule is CN(C)c1cccc2c(S(=O)(=O)[C@@]3(n4c(N=[N+]=[N-])nc5c(N)ncnc54)O[C@H](CO)[C@@H](O)[C@H]3O)cccc12. The Morgan fingerprint density at radius 1 is 1.21 bits per heavy atom. The average molecular weight is 542 g/mol. The number of anilines is 2. The fourth-order valence-electron chi connectivity index (χ4n) is 4.79. The molecule has 5 rings (SSSR count). The summed E-state index contributed by atoms with van der Waals surface area (Å²) in [5, 5.41) is 33.5. The van der Waals surface area contributed by atoms with Crippen LogP contribution in [0.2, 0.25) is 0 Å². The Morgan fingerprint density at radius 3 is 2.58 bits per heavy atom. The van der Waals surface area contributed by atoms with E-state index in [9.17, 15) is 29.3 Å². The molecule has 16 heteroatoms. The molecule has 0 radical (unpaired) electrons. The summed E-state index contributed by atoms with van der Waals surface area (Å²) in [6.45, 7) is -0.837. The molecule has 38 heavy (non-hydrogen) atoms. The van der Waals surface area contributed by atoms with Crippen molar-refractivity contribution in [3.05, 3.63) is 53.2 Å². The highest BCUT2D eigenvalue weighted by Crippen LogP contribution is 2.48. The zero-order valence-electron chi connectivity index (χ0n) is 20.1. The van der Waals surface area contributed by atoms with E-state index in [1.807, 2.05) is 11.0 Å². The van der Waals surface area contributed by atoms with Crippen LogP contribution in [-0.2, 0) is 19.6 Å². The number of aliphatic hydroxyl groups excluding tert-OH is 3. The van der Waals surface area contributed by atoms with Gasteiger partial charge in [0, 0.05) is 35.5 Å². The van der Waals surface area contributed by atoms with Gasteiger partial charge in [-0.1, -0.05) is 24.3 Å². The van der Waals surface area contributed by atoms with E-state index in [-0.39, 0.29) is 21.9 Å². The number of rotatable bonds is 6. The number of azide groups is 1. The van der Waals surface area contributed by atoms with Crippen LogP contribution in [0.25, 0.3) is 32.4 Å². The second-order valence-electron chi connectivity index (χ2n) is 8.80. The Kier molecular flexibility index (Phi) is 6.10. The minimum atomic E-state index is -4.89. The first-order valence-corrected chi connectivity index (χ1v) is 12.7. The van der Waals surface area contributed by atoms with Gasteiger partial charge in [0.1, 0.15) is 24.6 Å². The van der Waals surface area contributed by atoms with Gasteiger partial charge in [-0.25, -0.2) is 23.4 Å². The normalized spacial score (nSPS) is 23.6. The minimum absolute atomic E-state index is 0.130. The van der Waals surface area contributed by atoms with E-state index in [1.165, 1.54) is 12.1 Å². The van der Waals surface area contributed by atoms with Crippen LogP contribution in [-0.4, -0.2) is 82.3 Å². The van der Waals surface area contributed by atoms with Gasteiger partial charge in [0.15, 0.2) is 17.0 Å². The molecule has 2 aromatic carbocycles. The van der Waals surface area contributed by atoms with Gasteiger partial charge in [0.25, 0.3) is 5.06 Å². The predicted octanol–water partition coefficient (Wildman–Crippen LogP) is 0.767. The second kappa shape index (κ2) is 9.05. The van der Waals surface area contributed by atoms with Crippen molar-refractivity contribution >= 4 is 49.2 Å². The zero-order chi connectivity index (χ0) is 27.4. The molecule has 0 unspecified atom stereocenters. The predicted molar refractivity (Wildman–Crippen MR) is 136 cm³/mol. The first-order chi connectivity index (χ1) is 18.1. The van der Waals surface area contributed by atoms with Gasteiger partial charge in [0.2, 0.25) is 15.8 Å². The van der Waals surface area contributed by atoms with Crippen molar-refractivity contribution in [3.63, 3.8) is 0 Å². The quantitative estimate of drug-likeness (QED) is 0.151. The third-order valence-corrected chi connectivity index (χ3v) is 8.72. The topological polar surface area (TPSA) is 226 Å². The average Bonchev–Trinajstić information content (AvgIpc) is 3.39. The molecule has 0 saturated carbocycles. The standard InChI is InChI=1S/C22H23N9O6S/c1-30(2)13-7-3-6-12-11(13)5-4-8-15(12)38(35,36)22(18(34)17(33)14(9-32)37-22)31-20-16(19(23)25-10-26-20)27-21(31)28-29-24/h3-8,10,14,17-18,32-34H,9H2,1-2H3,(H2,23,25,26)/t14-,17-,18-,22+/m1/s1. The molecular weight excluding hydrogens is 518 g/mol. The van der Waals surface area contributed by atoms with Crippen molar-refractivity contribution in [2.45, 2.75) is 28.3 Å². The third-order valence-electron chi connectivity index (χ3n) is 6.49. The van der Waals surface area contributed by atoms with Crippen LogP contribution in [0, 0.1) is 0 Å². The maximum absolute atomic E-state index is 14.7. The highest BCUT2D eigenvalue weighted by atomic mass is 32.2. The third kappa shape index (κ3) is 3.39. The van der Waals surface area contributed by atoms with E-state index < -0.39 is 45.8 Å². The summed E-state index contributed by atoms with van der Waals surface area (Å²) in [5.74, 6) is -0.736. The Hall–Kier alpha value is -4.05. The molecule has 0 amide bonds. The van der Waals surface area contributed by atoms with Gasteiger partial charge < -0.3 is 30.7 Å². The van der Waals surface area contributed by atoms with Gasteiger partial charge in [-0.15, -0.1) is 0 Å². The van der Waals surface area contributed by atoms with Crippen molar-refractivity contribution < 1.29 is 28.5 Å². The molecule has 5 N–H and O–H groups in total. The van der Waals surface area contributed by atoms with Crippen LogP contribution in [0.4, 0.5) is 17.5 Å². The molecule has 0 spiro atoms. The number of aliphatic hydroxyl groups is 3. The summed E-state index contributed by atoms with van der Waals surface area (Å²) in [6, 6.07) is 9.65. The number of aromatic nitrogens is 4. The fourth-order valence-corrected chi connectivity index (χ4v) is 6.94. The lowest BCUT2D eigenvalue weighted by atomic mass is 10.1. The Bertz CT molecular complexity index is 1720. The first-order valence-electron chi connectivity index (χ1n) is 11.2. The lowest BCUT2D eigenvalue weighted by Gasteiger charge is -2.34. The molecule has 1 fully saturated rings. The molecule has 0 aliphatic carbocycles. The van der Waals surface area contributed by atoms with E-state index in [2.05, 4.69) is 25.0 Å². The molecule has 15 nitrogen and oxygen atoms in total. The summed E-state index contributed by atoms with van der Waals surface area (Å²) in [7, 11) is -1.28. The molecular formula is C22H23N9O6S. The fraction of sp³-hybridized carbons (Fsp3) is 0.318. The number of imidazole rings is 1. The van der Waals surface area contributed by atoms with Crippen molar-refractivity contribution in [2.24, 2.45) is 5.11 Å². The lowest BCUT2D eigenvalue weighted by molar-refractivity contribution is -0.0832. The van der Waals surface area contributed by atoms with E-state index in [0.29, 0.717) is 10.8 Å². The molecule has 2 aromatic heterocycles. The van der Waals surface area contributed by atoms with Crippen molar-refractivity contribution in [1.82, 2.24) is 19.5 Å². The molecule has 0 bridgehead atoms. The summed E-state index contributed by atoms with van der Waals surface area (Å²) in [6.07, 6.45) is -4.57. The van der Waals surface area contributed by atoms with Crippen LogP contribution in [0.1, 0.15) is 0 Å². The zero-order valence-corrected chi connectivity index (χ0v) is 20.9. The summed E-state index contributed by atoms with van der Waals surface area (Å²) in [5.41, 5.74) is 15.5. The largest absolute Gasteiger partial charge is 0.394 e. The summed E-state index contributed by atoms with van der Waals surface area (Å²) >= 11 is 0. The first kappa shape index (κ1) is 25.6. The maximum Gasteiger partial charge on any atom is 0.286 e. The number of sulfone groups is 1.